The van der Waals surface area contributed by atoms with Gasteiger partial charge in [-0.25, -0.2) is 0 Å². The van der Waals surface area contributed by atoms with Crippen LogP contribution in [0.25, 0.3) is 0 Å². The van der Waals surface area contributed by atoms with Crippen LogP contribution in [0.1, 0.15) is 0 Å². The molecule has 6 heteroatoms. The average molecular weight is 272 g/mol. The number of hydrogen-bond acceptors (Lipinski definition) is 4. The van der Waals surface area contributed by atoms with Gasteiger partial charge in [-0.2, -0.15) is 0 Å². The zero-order valence-corrected chi connectivity index (χ0v) is 10.4. The van der Waals surface area contributed by atoms with Crippen LogP contribution in [0, 0.1) is 0 Å². The fourth-order valence-electron chi connectivity index (χ4n) is 1.77. The van der Waals surface area contributed by atoms with E-state index in [2.05, 4.69) is 0 Å². The van der Waals surface area contributed by atoms with Gasteiger partial charge in [0.2, 0.25) is 0 Å². The normalized spacial score (nSPS) is 23.2. The fraction of sp³-hybridized carbons (Fsp3) is 0.417. The molecule has 5 nitrogen and oxygen atoms in total. The van der Waals surface area contributed by atoms with Crippen LogP contribution in [0.3, 0.4) is 0 Å². The molecule has 2 atom stereocenters. The average Bonchev–Trinajstić information content (AvgIpc) is 2.68. The molecule has 1 aliphatic heterocycles. The molecular formula is C12H14ClNO4. The van der Waals surface area contributed by atoms with Gasteiger partial charge in [-0.1, -0.05) is 23.7 Å². The van der Waals surface area contributed by atoms with Crippen LogP contribution in [0.2, 0.25) is 5.02 Å². The van der Waals surface area contributed by atoms with Gasteiger partial charge in [0.15, 0.2) is 6.61 Å². The summed E-state index contributed by atoms with van der Waals surface area (Å²) < 4.78 is 5.30. The zero-order valence-electron chi connectivity index (χ0n) is 9.62. The largest absolute Gasteiger partial charge is 0.482 e. The molecule has 1 aliphatic rings. The van der Waals surface area contributed by atoms with Gasteiger partial charge in [0, 0.05) is 13.1 Å². The Kier molecular flexibility index (Phi) is 4.06. The molecule has 2 unspecified atom stereocenters. The Balaban J connectivity index is 1.88. The molecule has 1 amide bonds. The van der Waals surface area contributed by atoms with Crippen molar-refractivity contribution in [3.63, 3.8) is 0 Å². The lowest BCUT2D eigenvalue weighted by atomic mass is 10.3. The van der Waals surface area contributed by atoms with Gasteiger partial charge in [0.1, 0.15) is 5.75 Å². The summed E-state index contributed by atoms with van der Waals surface area (Å²) >= 11 is 5.88. The highest BCUT2D eigenvalue weighted by atomic mass is 35.5. The number of aliphatic hydroxyl groups excluding tert-OH is 2. The summed E-state index contributed by atoms with van der Waals surface area (Å²) in [5.41, 5.74) is 0. The first-order chi connectivity index (χ1) is 8.58. The Hall–Kier alpha value is -1.30. The molecular weight excluding hydrogens is 258 g/mol. The Morgan fingerprint density at radius 1 is 1.33 bits per heavy atom. The van der Waals surface area contributed by atoms with Crippen LogP contribution in [0.15, 0.2) is 24.3 Å². The molecule has 0 bridgehead atoms. The van der Waals surface area contributed by atoms with Crippen molar-refractivity contribution in [3.05, 3.63) is 29.3 Å². The van der Waals surface area contributed by atoms with Gasteiger partial charge in [0.25, 0.3) is 5.91 Å². The highest BCUT2D eigenvalue weighted by Gasteiger charge is 2.32. The van der Waals surface area contributed by atoms with E-state index in [1.165, 1.54) is 4.90 Å². The van der Waals surface area contributed by atoms with E-state index in [-0.39, 0.29) is 25.6 Å². The van der Waals surface area contributed by atoms with Gasteiger partial charge in [-0.05, 0) is 12.1 Å². The second kappa shape index (κ2) is 5.56. The number of ether oxygens (including phenoxy) is 1. The van der Waals surface area contributed by atoms with Crippen LogP contribution in [0.4, 0.5) is 0 Å². The van der Waals surface area contributed by atoms with E-state index in [4.69, 9.17) is 16.3 Å². The number of β-amino-alcohol motifs (C(OH)–C–C–N with tert-alkyl or cyclic N) is 2. The summed E-state index contributed by atoms with van der Waals surface area (Å²) in [6.07, 6.45) is -1.76. The molecule has 1 saturated heterocycles. The second-order valence-corrected chi connectivity index (χ2v) is 4.56. The van der Waals surface area contributed by atoms with E-state index >= 15 is 0 Å². The smallest absolute Gasteiger partial charge is 0.260 e. The molecule has 1 aromatic rings. The first kappa shape index (κ1) is 13.1. The summed E-state index contributed by atoms with van der Waals surface area (Å²) in [5, 5.41) is 19.1. The van der Waals surface area contributed by atoms with Gasteiger partial charge in [-0.3, -0.25) is 4.79 Å². The van der Waals surface area contributed by atoms with E-state index in [1.807, 2.05) is 0 Å². The molecule has 1 heterocycles. The SMILES string of the molecule is O=C(COc1ccccc1Cl)N1CC(O)C(O)C1. The molecule has 0 saturated carbocycles. The number of amides is 1. The predicted octanol–water partition coefficient (Wildman–Crippen LogP) is 0.283. The van der Waals surface area contributed by atoms with Gasteiger partial charge >= 0.3 is 0 Å². The highest BCUT2D eigenvalue weighted by Crippen LogP contribution is 2.23. The summed E-state index contributed by atoms with van der Waals surface area (Å²) in [7, 11) is 0. The third-order valence-electron chi connectivity index (χ3n) is 2.80. The first-order valence-electron chi connectivity index (χ1n) is 5.59. The Labute approximate surface area is 110 Å². The molecule has 18 heavy (non-hydrogen) atoms. The Morgan fingerprint density at radius 3 is 2.56 bits per heavy atom. The van der Waals surface area contributed by atoms with Crippen LogP contribution in [0.5, 0.6) is 5.75 Å². The fourth-order valence-corrected chi connectivity index (χ4v) is 1.96. The number of nitrogens with zero attached hydrogens (tertiary/aromatic N) is 1. The Morgan fingerprint density at radius 2 is 1.94 bits per heavy atom. The monoisotopic (exact) mass is 271 g/mol. The third kappa shape index (κ3) is 2.93. The number of benzene rings is 1. The quantitative estimate of drug-likeness (QED) is 0.829. The van der Waals surface area contributed by atoms with Crippen LogP contribution >= 0.6 is 11.6 Å². The minimum atomic E-state index is -0.880. The van der Waals surface area contributed by atoms with Gasteiger partial charge < -0.3 is 19.8 Å². The molecule has 1 aromatic carbocycles. The number of likely N-dealkylation sites (tertiary alicyclic amines) is 1. The van der Waals surface area contributed by atoms with E-state index < -0.39 is 12.2 Å². The van der Waals surface area contributed by atoms with Crippen molar-refractivity contribution >= 4 is 17.5 Å². The topological polar surface area (TPSA) is 70.0 Å². The Bertz CT molecular complexity index is 430. The van der Waals surface area contributed by atoms with Crippen molar-refractivity contribution in [2.24, 2.45) is 0 Å². The standard InChI is InChI=1S/C12H14ClNO4/c13-8-3-1-2-4-11(8)18-7-12(17)14-5-9(15)10(16)6-14/h1-4,9-10,15-16H,5-7H2. The molecule has 1 fully saturated rings. The number of carbonyl (C=O) groups excluding carboxylic acids is 1. The zero-order chi connectivity index (χ0) is 13.1. The van der Waals surface area contributed by atoms with E-state index in [0.29, 0.717) is 10.8 Å². The maximum Gasteiger partial charge on any atom is 0.260 e. The number of aliphatic hydroxyl groups is 2. The molecule has 0 aromatic heterocycles. The summed E-state index contributed by atoms with van der Waals surface area (Å²) in [4.78, 5) is 13.1. The molecule has 0 radical (unpaired) electrons. The molecule has 2 rings (SSSR count). The lowest BCUT2D eigenvalue weighted by Crippen LogP contribution is -2.34. The molecule has 0 spiro atoms. The van der Waals surface area contributed by atoms with Crippen molar-refractivity contribution in [1.82, 2.24) is 4.90 Å². The number of halogens is 1. The molecule has 2 N–H and O–H groups in total. The van der Waals surface area contributed by atoms with Crippen molar-refractivity contribution in [2.45, 2.75) is 12.2 Å². The molecule has 0 aliphatic carbocycles. The van der Waals surface area contributed by atoms with Crippen molar-refractivity contribution < 1.29 is 19.7 Å². The van der Waals surface area contributed by atoms with E-state index in [0.717, 1.165) is 0 Å². The lowest BCUT2D eigenvalue weighted by molar-refractivity contribution is -0.132. The first-order valence-corrected chi connectivity index (χ1v) is 5.97. The summed E-state index contributed by atoms with van der Waals surface area (Å²) in [5.74, 6) is 0.151. The minimum absolute atomic E-state index is 0.131. The van der Waals surface area contributed by atoms with Crippen LogP contribution in [-0.2, 0) is 4.79 Å². The van der Waals surface area contributed by atoms with Crippen LogP contribution in [-0.4, -0.2) is 52.9 Å². The maximum absolute atomic E-state index is 11.8. The molecule has 98 valence electrons. The number of hydrogen-bond donors (Lipinski definition) is 2. The third-order valence-corrected chi connectivity index (χ3v) is 3.11. The van der Waals surface area contributed by atoms with Crippen molar-refractivity contribution in [2.75, 3.05) is 19.7 Å². The van der Waals surface area contributed by atoms with Gasteiger partial charge in [0.05, 0.1) is 17.2 Å². The van der Waals surface area contributed by atoms with Crippen molar-refractivity contribution in [1.29, 1.82) is 0 Å². The lowest BCUT2D eigenvalue weighted by Gasteiger charge is -2.16. The van der Waals surface area contributed by atoms with E-state index in [9.17, 15) is 15.0 Å². The highest BCUT2D eigenvalue weighted by molar-refractivity contribution is 6.32. The number of rotatable bonds is 3. The van der Waals surface area contributed by atoms with Gasteiger partial charge in [-0.15, -0.1) is 0 Å². The summed E-state index contributed by atoms with van der Waals surface area (Å²) in [6, 6.07) is 6.87. The van der Waals surface area contributed by atoms with E-state index in [1.54, 1.807) is 24.3 Å². The number of para-hydroxylation sites is 1. The maximum atomic E-state index is 11.8. The predicted molar refractivity (Wildman–Crippen MR) is 65.5 cm³/mol. The van der Waals surface area contributed by atoms with Crippen molar-refractivity contribution in [3.8, 4) is 5.75 Å². The number of carbonyl (C=O) groups is 1. The minimum Gasteiger partial charge on any atom is -0.482 e. The summed E-state index contributed by atoms with van der Waals surface area (Å²) in [6.45, 7) is 0.0982. The van der Waals surface area contributed by atoms with Crippen LogP contribution < -0.4 is 4.74 Å². The second-order valence-electron chi connectivity index (χ2n) is 4.15.